The standard InChI is InChI=1S/C15H12BrClFN3/c1-9-3-2-4-10(19-9)8-21-14-6-12(18)11(16)5-13(14)20-15(21)7-17/h2-6H,7-8H2,1H3. The predicted octanol–water partition coefficient (Wildman–Crippen LogP) is 4.43. The maximum atomic E-state index is 13.8. The van der Waals surface area contributed by atoms with E-state index in [0.29, 0.717) is 22.4 Å². The number of hydrogen-bond donors (Lipinski definition) is 0. The molecule has 0 unspecified atom stereocenters. The van der Waals surface area contributed by atoms with Gasteiger partial charge in [0.2, 0.25) is 0 Å². The van der Waals surface area contributed by atoms with E-state index in [2.05, 4.69) is 25.9 Å². The highest BCUT2D eigenvalue weighted by Gasteiger charge is 2.13. The van der Waals surface area contributed by atoms with Crippen LogP contribution in [0.25, 0.3) is 11.0 Å². The van der Waals surface area contributed by atoms with Crippen LogP contribution < -0.4 is 0 Å². The molecule has 0 N–H and O–H groups in total. The molecule has 0 fully saturated rings. The largest absolute Gasteiger partial charge is 0.321 e. The van der Waals surface area contributed by atoms with Crippen molar-refractivity contribution in [2.24, 2.45) is 0 Å². The first-order chi connectivity index (χ1) is 10.1. The Morgan fingerprint density at radius 3 is 2.81 bits per heavy atom. The maximum absolute atomic E-state index is 13.8. The zero-order valence-electron chi connectivity index (χ0n) is 11.3. The van der Waals surface area contributed by atoms with Gasteiger partial charge in [0.05, 0.1) is 33.6 Å². The summed E-state index contributed by atoms with van der Waals surface area (Å²) in [6, 6.07) is 8.97. The number of alkyl halides is 1. The van der Waals surface area contributed by atoms with Crippen LogP contribution >= 0.6 is 27.5 Å². The number of aryl methyl sites for hydroxylation is 1. The molecular formula is C15H12BrClFN3. The average molecular weight is 369 g/mol. The van der Waals surface area contributed by atoms with Gasteiger partial charge in [-0.3, -0.25) is 4.98 Å². The third kappa shape index (κ3) is 2.80. The Kier molecular flexibility index (Phi) is 3.95. The van der Waals surface area contributed by atoms with Gasteiger partial charge >= 0.3 is 0 Å². The minimum atomic E-state index is -0.318. The van der Waals surface area contributed by atoms with E-state index in [4.69, 9.17) is 11.6 Å². The predicted molar refractivity (Wildman–Crippen MR) is 85.0 cm³/mol. The zero-order chi connectivity index (χ0) is 15.0. The highest BCUT2D eigenvalue weighted by molar-refractivity contribution is 9.10. The van der Waals surface area contributed by atoms with E-state index in [9.17, 15) is 4.39 Å². The van der Waals surface area contributed by atoms with Crippen LogP contribution in [0.4, 0.5) is 4.39 Å². The van der Waals surface area contributed by atoms with Crippen molar-refractivity contribution < 1.29 is 4.39 Å². The van der Waals surface area contributed by atoms with E-state index < -0.39 is 0 Å². The molecule has 3 nitrogen and oxygen atoms in total. The van der Waals surface area contributed by atoms with Crippen molar-refractivity contribution in [2.45, 2.75) is 19.3 Å². The van der Waals surface area contributed by atoms with Gasteiger partial charge in [-0.15, -0.1) is 11.6 Å². The molecule has 2 heterocycles. The number of pyridine rings is 1. The second-order valence-electron chi connectivity index (χ2n) is 4.77. The number of nitrogens with zero attached hydrogens (tertiary/aromatic N) is 3. The Labute approximate surface area is 134 Å². The van der Waals surface area contributed by atoms with Gasteiger partial charge in [-0.25, -0.2) is 9.37 Å². The maximum Gasteiger partial charge on any atom is 0.139 e. The lowest BCUT2D eigenvalue weighted by Crippen LogP contribution is -2.06. The second-order valence-corrected chi connectivity index (χ2v) is 5.89. The molecule has 0 aliphatic carbocycles. The van der Waals surface area contributed by atoms with Crippen LogP contribution in [-0.4, -0.2) is 14.5 Å². The Hall–Kier alpha value is -1.46. The lowest BCUT2D eigenvalue weighted by atomic mass is 10.3. The normalized spacial score (nSPS) is 11.2. The molecule has 0 saturated carbocycles. The van der Waals surface area contributed by atoms with Gasteiger partial charge in [-0.2, -0.15) is 0 Å². The van der Waals surface area contributed by atoms with Gasteiger partial charge in [0.1, 0.15) is 11.6 Å². The van der Waals surface area contributed by atoms with Crippen molar-refractivity contribution in [1.29, 1.82) is 0 Å². The topological polar surface area (TPSA) is 30.7 Å². The van der Waals surface area contributed by atoms with Crippen molar-refractivity contribution in [2.75, 3.05) is 0 Å². The molecule has 0 amide bonds. The van der Waals surface area contributed by atoms with E-state index in [-0.39, 0.29) is 11.7 Å². The second kappa shape index (κ2) is 5.73. The van der Waals surface area contributed by atoms with E-state index in [1.165, 1.54) is 6.07 Å². The smallest absolute Gasteiger partial charge is 0.139 e. The van der Waals surface area contributed by atoms with Crippen LogP contribution in [0.15, 0.2) is 34.8 Å². The molecule has 0 aliphatic heterocycles. The lowest BCUT2D eigenvalue weighted by molar-refractivity contribution is 0.621. The number of rotatable bonds is 3. The van der Waals surface area contributed by atoms with Gasteiger partial charge in [-0.05, 0) is 41.1 Å². The van der Waals surface area contributed by atoms with E-state index in [1.807, 2.05) is 29.7 Å². The van der Waals surface area contributed by atoms with Crippen molar-refractivity contribution in [3.05, 3.63) is 57.8 Å². The minimum Gasteiger partial charge on any atom is -0.321 e. The number of aromatic nitrogens is 3. The quantitative estimate of drug-likeness (QED) is 0.640. The Morgan fingerprint density at radius 1 is 1.29 bits per heavy atom. The van der Waals surface area contributed by atoms with Crippen LogP contribution in [0.5, 0.6) is 0 Å². The molecular weight excluding hydrogens is 357 g/mol. The van der Waals surface area contributed by atoms with Gasteiger partial charge in [0.25, 0.3) is 0 Å². The van der Waals surface area contributed by atoms with Gasteiger partial charge in [-0.1, -0.05) is 6.07 Å². The molecule has 0 radical (unpaired) electrons. The van der Waals surface area contributed by atoms with Crippen LogP contribution in [0.1, 0.15) is 17.2 Å². The van der Waals surface area contributed by atoms with Crippen LogP contribution in [-0.2, 0) is 12.4 Å². The Morgan fingerprint density at radius 2 is 2.10 bits per heavy atom. The third-order valence-electron chi connectivity index (χ3n) is 3.25. The monoisotopic (exact) mass is 367 g/mol. The molecule has 3 rings (SSSR count). The van der Waals surface area contributed by atoms with Crippen molar-refractivity contribution >= 4 is 38.6 Å². The highest BCUT2D eigenvalue weighted by Crippen LogP contribution is 2.25. The first-order valence-electron chi connectivity index (χ1n) is 6.41. The summed E-state index contributed by atoms with van der Waals surface area (Å²) in [6.45, 7) is 2.45. The summed E-state index contributed by atoms with van der Waals surface area (Å²) < 4.78 is 16.1. The van der Waals surface area contributed by atoms with Gasteiger partial charge in [0, 0.05) is 11.8 Å². The summed E-state index contributed by atoms with van der Waals surface area (Å²) in [4.78, 5) is 8.93. The lowest BCUT2D eigenvalue weighted by Gasteiger charge is -2.08. The molecule has 1 aromatic carbocycles. The number of halogens is 3. The fourth-order valence-electron chi connectivity index (χ4n) is 2.30. The molecule has 0 atom stereocenters. The first-order valence-corrected chi connectivity index (χ1v) is 7.74. The van der Waals surface area contributed by atoms with Crippen LogP contribution in [0.2, 0.25) is 0 Å². The first kappa shape index (κ1) is 14.5. The number of imidazole rings is 1. The van der Waals surface area contributed by atoms with E-state index in [0.717, 1.165) is 16.9 Å². The number of benzene rings is 1. The van der Waals surface area contributed by atoms with Gasteiger partial charge in [0.15, 0.2) is 0 Å². The highest BCUT2D eigenvalue weighted by atomic mass is 79.9. The number of hydrogen-bond acceptors (Lipinski definition) is 2. The fraction of sp³-hybridized carbons (Fsp3) is 0.200. The molecule has 0 saturated heterocycles. The summed E-state index contributed by atoms with van der Waals surface area (Å²) in [5.41, 5.74) is 3.27. The molecule has 3 aromatic rings. The van der Waals surface area contributed by atoms with E-state index >= 15 is 0 Å². The zero-order valence-corrected chi connectivity index (χ0v) is 13.6. The SMILES string of the molecule is Cc1cccc(Cn2c(CCl)nc3cc(Br)c(F)cc32)n1. The fourth-order valence-corrected chi connectivity index (χ4v) is 2.83. The Balaban J connectivity index is 2.14. The molecule has 2 aromatic heterocycles. The summed E-state index contributed by atoms with van der Waals surface area (Å²) >= 11 is 9.15. The third-order valence-corrected chi connectivity index (χ3v) is 4.10. The minimum absolute atomic E-state index is 0.264. The summed E-state index contributed by atoms with van der Waals surface area (Å²) in [6.07, 6.45) is 0. The van der Waals surface area contributed by atoms with Crippen molar-refractivity contribution in [1.82, 2.24) is 14.5 Å². The molecule has 21 heavy (non-hydrogen) atoms. The van der Waals surface area contributed by atoms with Crippen molar-refractivity contribution in [3.8, 4) is 0 Å². The molecule has 6 heteroatoms. The number of fused-ring (bicyclic) bond motifs is 1. The van der Waals surface area contributed by atoms with Gasteiger partial charge < -0.3 is 4.57 Å². The van der Waals surface area contributed by atoms with E-state index in [1.54, 1.807) is 6.07 Å². The molecule has 0 aliphatic rings. The average Bonchev–Trinajstić information content (AvgIpc) is 2.77. The Bertz CT molecular complexity index is 816. The molecule has 0 bridgehead atoms. The van der Waals surface area contributed by atoms with Crippen LogP contribution in [0.3, 0.4) is 0 Å². The summed E-state index contributed by atoms with van der Waals surface area (Å²) in [5.74, 6) is 0.647. The molecule has 108 valence electrons. The summed E-state index contributed by atoms with van der Waals surface area (Å²) in [7, 11) is 0. The van der Waals surface area contributed by atoms with Crippen molar-refractivity contribution in [3.63, 3.8) is 0 Å². The van der Waals surface area contributed by atoms with Crippen LogP contribution in [0, 0.1) is 12.7 Å². The molecule has 0 spiro atoms. The summed E-state index contributed by atoms with van der Waals surface area (Å²) in [5, 5.41) is 0.